The van der Waals surface area contributed by atoms with Crippen LogP contribution in [-0.4, -0.2) is 36.7 Å². The highest BCUT2D eigenvalue weighted by atomic mass is 16.5. The van der Waals surface area contributed by atoms with Crippen molar-refractivity contribution in [1.29, 1.82) is 0 Å². The average Bonchev–Trinajstić information content (AvgIpc) is 2.83. The first-order valence-corrected chi connectivity index (χ1v) is 4.37. The van der Waals surface area contributed by atoms with E-state index in [1.165, 1.54) is 6.33 Å². The fraction of sp³-hybridized carbons (Fsp3) is 0.250. The van der Waals surface area contributed by atoms with E-state index in [2.05, 4.69) is 20.4 Å². The van der Waals surface area contributed by atoms with Crippen LogP contribution < -0.4 is 4.74 Å². The lowest BCUT2D eigenvalue weighted by molar-refractivity contribution is 0.393. The van der Waals surface area contributed by atoms with E-state index >= 15 is 0 Å². The summed E-state index contributed by atoms with van der Waals surface area (Å²) < 4.78 is 8.47. The van der Waals surface area contributed by atoms with Crippen LogP contribution in [0.4, 0.5) is 0 Å². The molecule has 0 radical (unpaired) electrons. The standard InChI is InChI=1S/C8H8N6O/c1-13-6-5(3-10-13)7-11-9-4-14(7)12-8(6)15-2/h3-4H,1-2H3. The molecule has 0 N–H and O–H groups in total. The monoisotopic (exact) mass is 204 g/mol. The number of hydrogen-bond donors (Lipinski definition) is 0. The topological polar surface area (TPSA) is 70.1 Å². The molecular formula is C8H8N6O. The van der Waals surface area contributed by atoms with Gasteiger partial charge in [-0.3, -0.25) is 4.68 Å². The van der Waals surface area contributed by atoms with Crippen LogP contribution in [0, 0.1) is 0 Å². The fourth-order valence-electron chi connectivity index (χ4n) is 1.62. The van der Waals surface area contributed by atoms with Gasteiger partial charge in [0.15, 0.2) is 5.65 Å². The molecule has 0 unspecified atom stereocenters. The second kappa shape index (κ2) is 2.66. The summed E-state index contributed by atoms with van der Waals surface area (Å²) in [5.41, 5.74) is 1.50. The Morgan fingerprint density at radius 1 is 1.40 bits per heavy atom. The quantitative estimate of drug-likeness (QED) is 0.558. The van der Waals surface area contributed by atoms with E-state index < -0.39 is 0 Å². The first kappa shape index (κ1) is 8.16. The van der Waals surface area contributed by atoms with Gasteiger partial charge in [-0.1, -0.05) is 0 Å². The van der Waals surface area contributed by atoms with Gasteiger partial charge in [-0.05, 0) is 0 Å². The molecule has 0 aliphatic carbocycles. The van der Waals surface area contributed by atoms with Crippen LogP contribution in [0.1, 0.15) is 0 Å². The summed E-state index contributed by atoms with van der Waals surface area (Å²) >= 11 is 0. The zero-order valence-electron chi connectivity index (χ0n) is 8.25. The highest BCUT2D eigenvalue weighted by molar-refractivity contribution is 5.93. The summed E-state index contributed by atoms with van der Waals surface area (Å²) in [6.07, 6.45) is 3.26. The van der Waals surface area contributed by atoms with Crippen LogP contribution in [0.5, 0.6) is 5.88 Å². The third-order valence-electron chi connectivity index (χ3n) is 2.30. The van der Waals surface area contributed by atoms with Gasteiger partial charge in [-0.25, -0.2) is 0 Å². The molecular weight excluding hydrogens is 196 g/mol. The lowest BCUT2D eigenvalue weighted by Gasteiger charge is -2.02. The predicted molar refractivity (Wildman–Crippen MR) is 51.6 cm³/mol. The number of hydrogen-bond acceptors (Lipinski definition) is 5. The first-order valence-electron chi connectivity index (χ1n) is 4.37. The Labute approximate surface area is 84.3 Å². The van der Waals surface area contributed by atoms with Crippen molar-refractivity contribution in [1.82, 2.24) is 29.6 Å². The van der Waals surface area contributed by atoms with E-state index in [4.69, 9.17) is 4.74 Å². The second-order valence-electron chi connectivity index (χ2n) is 3.14. The minimum absolute atomic E-state index is 0.511. The minimum Gasteiger partial charge on any atom is -0.478 e. The van der Waals surface area contributed by atoms with Gasteiger partial charge < -0.3 is 4.74 Å². The Hall–Kier alpha value is -2.18. The van der Waals surface area contributed by atoms with Gasteiger partial charge in [0.1, 0.15) is 11.8 Å². The largest absolute Gasteiger partial charge is 0.478 e. The van der Waals surface area contributed by atoms with Crippen LogP contribution in [0.2, 0.25) is 0 Å². The van der Waals surface area contributed by atoms with E-state index in [0.29, 0.717) is 11.5 Å². The molecule has 0 aromatic carbocycles. The Morgan fingerprint density at radius 3 is 3.07 bits per heavy atom. The van der Waals surface area contributed by atoms with Gasteiger partial charge >= 0.3 is 0 Å². The number of nitrogens with zero attached hydrogens (tertiary/aromatic N) is 6. The molecule has 0 saturated heterocycles. The maximum Gasteiger partial charge on any atom is 0.258 e. The molecule has 0 aliphatic heterocycles. The lowest BCUT2D eigenvalue weighted by atomic mass is 10.3. The normalized spacial score (nSPS) is 11.3. The Balaban J connectivity index is 2.60. The zero-order valence-corrected chi connectivity index (χ0v) is 8.25. The smallest absolute Gasteiger partial charge is 0.258 e. The van der Waals surface area contributed by atoms with Crippen molar-refractivity contribution in [3.8, 4) is 5.88 Å². The molecule has 3 aromatic rings. The molecule has 0 aliphatic rings. The van der Waals surface area contributed by atoms with Gasteiger partial charge in [0.2, 0.25) is 0 Å². The van der Waals surface area contributed by atoms with Crippen molar-refractivity contribution in [2.24, 2.45) is 7.05 Å². The number of aromatic nitrogens is 6. The number of fused-ring (bicyclic) bond motifs is 3. The van der Waals surface area contributed by atoms with E-state index in [9.17, 15) is 0 Å². The molecule has 3 rings (SSSR count). The van der Waals surface area contributed by atoms with Crippen LogP contribution in [-0.2, 0) is 7.05 Å². The van der Waals surface area contributed by atoms with Crippen LogP contribution in [0.3, 0.4) is 0 Å². The molecule has 3 heterocycles. The van der Waals surface area contributed by atoms with Crippen LogP contribution in [0.15, 0.2) is 12.5 Å². The predicted octanol–water partition coefficient (Wildman–Crippen LogP) is 0.0196. The number of aryl methyl sites for hydroxylation is 1. The van der Waals surface area contributed by atoms with Crippen molar-refractivity contribution in [2.45, 2.75) is 0 Å². The summed E-state index contributed by atoms with van der Waals surface area (Å²) in [6.45, 7) is 0. The molecule has 7 heteroatoms. The van der Waals surface area contributed by atoms with Crippen molar-refractivity contribution >= 4 is 16.6 Å². The van der Waals surface area contributed by atoms with Crippen LogP contribution in [0.25, 0.3) is 16.6 Å². The molecule has 76 valence electrons. The maximum absolute atomic E-state index is 5.20. The second-order valence-corrected chi connectivity index (χ2v) is 3.14. The van der Waals surface area contributed by atoms with Crippen LogP contribution >= 0.6 is 0 Å². The average molecular weight is 204 g/mol. The molecule has 3 aromatic heterocycles. The Bertz CT molecular complexity index is 639. The van der Waals surface area contributed by atoms with E-state index in [0.717, 1.165) is 10.9 Å². The van der Waals surface area contributed by atoms with E-state index in [1.54, 1.807) is 22.5 Å². The zero-order chi connectivity index (χ0) is 10.4. The molecule has 0 atom stereocenters. The SMILES string of the molecule is COc1nn2cnnc2c2cnn(C)c12. The summed E-state index contributed by atoms with van der Waals surface area (Å²) in [7, 11) is 3.41. The summed E-state index contributed by atoms with van der Waals surface area (Å²) in [4.78, 5) is 0. The highest BCUT2D eigenvalue weighted by Gasteiger charge is 2.13. The lowest BCUT2D eigenvalue weighted by Crippen LogP contribution is -1.99. The minimum atomic E-state index is 0.511. The van der Waals surface area contributed by atoms with E-state index in [-0.39, 0.29) is 0 Å². The van der Waals surface area contributed by atoms with Crippen molar-refractivity contribution in [3.63, 3.8) is 0 Å². The molecule has 0 saturated carbocycles. The van der Waals surface area contributed by atoms with Gasteiger partial charge in [0, 0.05) is 7.05 Å². The third kappa shape index (κ3) is 0.940. The third-order valence-corrected chi connectivity index (χ3v) is 2.30. The first-order chi connectivity index (χ1) is 7.31. The number of ether oxygens (including phenoxy) is 1. The maximum atomic E-state index is 5.20. The summed E-state index contributed by atoms with van der Waals surface area (Å²) in [5, 5.41) is 17.0. The van der Waals surface area contributed by atoms with E-state index in [1.807, 2.05) is 7.05 Å². The summed E-state index contributed by atoms with van der Waals surface area (Å²) in [6, 6.07) is 0. The fourth-order valence-corrected chi connectivity index (χ4v) is 1.62. The molecule has 15 heavy (non-hydrogen) atoms. The van der Waals surface area contributed by atoms with Crippen molar-refractivity contribution in [2.75, 3.05) is 7.11 Å². The molecule has 7 nitrogen and oxygen atoms in total. The van der Waals surface area contributed by atoms with Crippen molar-refractivity contribution < 1.29 is 4.74 Å². The number of rotatable bonds is 1. The van der Waals surface area contributed by atoms with Gasteiger partial charge in [0.25, 0.3) is 5.88 Å². The highest BCUT2D eigenvalue weighted by Crippen LogP contribution is 2.24. The molecule has 0 fully saturated rings. The van der Waals surface area contributed by atoms with Gasteiger partial charge in [-0.15, -0.1) is 15.3 Å². The summed E-state index contributed by atoms with van der Waals surface area (Å²) in [5.74, 6) is 0.511. The number of methoxy groups -OCH3 is 1. The molecule has 0 amide bonds. The molecule has 0 bridgehead atoms. The Morgan fingerprint density at radius 2 is 2.27 bits per heavy atom. The van der Waals surface area contributed by atoms with Crippen molar-refractivity contribution in [3.05, 3.63) is 12.5 Å². The Kier molecular flexibility index (Phi) is 1.44. The van der Waals surface area contributed by atoms with Gasteiger partial charge in [0.05, 0.1) is 18.7 Å². The van der Waals surface area contributed by atoms with Gasteiger partial charge in [-0.2, -0.15) is 9.61 Å². The molecule has 0 spiro atoms.